The summed E-state index contributed by atoms with van der Waals surface area (Å²) in [6.07, 6.45) is 0. The van der Waals surface area contributed by atoms with E-state index in [-0.39, 0.29) is 17.9 Å². The average Bonchev–Trinajstić information content (AvgIpc) is 3.03. The Morgan fingerprint density at radius 3 is 2.44 bits per heavy atom. The molecule has 1 fully saturated rings. The maximum Gasteiger partial charge on any atom is 0.261 e. The first kappa shape index (κ1) is 19.0. The normalized spacial score (nSPS) is 17.0. The van der Waals surface area contributed by atoms with Crippen LogP contribution in [0.15, 0.2) is 36.4 Å². The summed E-state index contributed by atoms with van der Waals surface area (Å²) in [5, 5.41) is 1.84. The van der Waals surface area contributed by atoms with Crippen molar-refractivity contribution in [3.63, 3.8) is 0 Å². The second kappa shape index (κ2) is 8.28. The molecule has 3 rings (SSSR count). The van der Waals surface area contributed by atoms with Crippen molar-refractivity contribution >= 4 is 64.1 Å². The first-order chi connectivity index (χ1) is 12.0. The third-order valence-corrected chi connectivity index (χ3v) is 6.02. The van der Waals surface area contributed by atoms with E-state index in [2.05, 4.69) is 0 Å². The number of ether oxygens (including phenoxy) is 1. The zero-order valence-electron chi connectivity index (χ0n) is 12.8. The molecule has 25 heavy (non-hydrogen) atoms. The van der Waals surface area contributed by atoms with Gasteiger partial charge in [0.05, 0.1) is 5.02 Å². The van der Waals surface area contributed by atoms with Crippen molar-refractivity contribution in [2.75, 3.05) is 18.9 Å². The Labute approximate surface area is 170 Å². The van der Waals surface area contributed by atoms with Crippen LogP contribution in [0.1, 0.15) is 10.9 Å². The Morgan fingerprint density at radius 1 is 1.08 bits per heavy atom. The van der Waals surface area contributed by atoms with E-state index in [1.807, 2.05) is 6.07 Å². The number of carbonyl (C=O) groups is 1. The minimum Gasteiger partial charge on any atom is -0.482 e. The van der Waals surface area contributed by atoms with Crippen LogP contribution >= 0.6 is 58.2 Å². The number of carbonyl (C=O) groups excluding carboxylic acids is 1. The van der Waals surface area contributed by atoms with Crippen LogP contribution in [0.5, 0.6) is 5.75 Å². The fraction of sp³-hybridized carbons (Fsp3) is 0.235. The van der Waals surface area contributed by atoms with Crippen molar-refractivity contribution < 1.29 is 9.53 Å². The van der Waals surface area contributed by atoms with Crippen LogP contribution in [0, 0.1) is 0 Å². The molecule has 0 radical (unpaired) electrons. The molecular weight excluding hydrogens is 424 g/mol. The number of nitrogens with zero attached hydrogens (tertiary/aromatic N) is 1. The number of amides is 1. The zero-order valence-corrected chi connectivity index (χ0v) is 16.7. The summed E-state index contributed by atoms with van der Waals surface area (Å²) in [6.45, 7) is 0.522. The van der Waals surface area contributed by atoms with Crippen LogP contribution in [0.4, 0.5) is 0 Å². The number of rotatable bonds is 4. The van der Waals surface area contributed by atoms with Crippen LogP contribution < -0.4 is 4.74 Å². The predicted octanol–water partition coefficient (Wildman–Crippen LogP) is 5.95. The van der Waals surface area contributed by atoms with Gasteiger partial charge in [-0.25, -0.2) is 0 Å². The van der Waals surface area contributed by atoms with Crippen LogP contribution in [0.3, 0.4) is 0 Å². The van der Waals surface area contributed by atoms with E-state index in [1.54, 1.807) is 47.0 Å². The SMILES string of the molecule is O=C(COc1ccc(Cl)cc1Cl)N1CCSC1c1ccc(Cl)cc1Cl. The first-order valence-corrected chi connectivity index (χ1v) is 9.95. The Kier molecular flexibility index (Phi) is 6.29. The summed E-state index contributed by atoms with van der Waals surface area (Å²) < 4.78 is 5.55. The van der Waals surface area contributed by atoms with Crippen molar-refractivity contribution in [3.8, 4) is 5.75 Å². The maximum absolute atomic E-state index is 12.6. The van der Waals surface area contributed by atoms with Gasteiger partial charge in [-0.2, -0.15) is 0 Å². The van der Waals surface area contributed by atoms with Crippen LogP contribution in [-0.4, -0.2) is 29.7 Å². The van der Waals surface area contributed by atoms with Gasteiger partial charge in [0.15, 0.2) is 6.61 Å². The van der Waals surface area contributed by atoms with Gasteiger partial charge in [-0.3, -0.25) is 4.79 Å². The highest BCUT2D eigenvalue weighted by atomic mass is 35.5. The molecule has 1 amide bonds. The largest absolute Gasteiger partial charge is 0.482 e. The fourth-order valence-corrected chi connectivity index (χ4v) is 4.85. The van der Waals surface area contributed by atoms with Gasteiger partial charge in [0.25, 0.3) is 5.91 Å². The molecule has 132 valence electrons. The molecule has 0 N–H and O–H groups in total. The topological polar surface area (TPSA) is 29.5 Å². The Hall–Kier alpha value is -0.780. The molecule has 0 aliphatic carbocycles. The molecule has 8 heteroatoms. The molecule has 1 saturated heterocycles. The van der Waals surface area contributed by atoms with Crippen LogP contribution in [0.25, 0.3) is 0 Å². The molecule has 1 heterocycles. The van der Waals surface area contributed by atoms with Crippen molar-refractivity contribution in [2.45, 2.75) is 5.37 Å². The summed E-state index contributed by atoms with van der Waals surface area (Å²) in [6, 6.07) is 10.2. The number of hydrogen-bond acceptors (Lipinski definition) is 3. The third-order valence-electron chi connectivity index (χ3n) is 3.68. The number of halogens is 4. The molecule has 0 spiro atoms. The lowest BCUT2D eigenvalue weighted by Crippen LogP contribution is -2.34. The molecule has 1 unspecified atom stereocenters. The summed E-state index contributed by atoms with van der Waals surface area (Å²) in [5.41, 5.74) is 0.867. The molecule has 0 bridgehead atoms. The molecular formula is C17H13Cl4NO2S. The average molecular weight is 437 g/mol. The van der Waals surface area contributed by atoms with E-state index in [1.165, 1.54) is 0 Å². The summed E-state index contributed by atoms with van der Waals surface area (Å²) in [7, 11) is 0. The minimum atomic E-state index is -0.151. The van der Waals surface area contributed by atoms with Gasteiger partial charge in [-0.05, 0) is 30.3 Å². The summed E-state index contributed by atoms with van der Waals surface area (Å²) >= 11 is 25.8. The van der Waals surface area contributed by atoms with Gasteiger partial charge < -0.3 is 9.64 Å². The van der Waals surface area contributed by atoms with Gasteiger partial charge in [0, 0.05) is 32.9 Å². The van der Waals surface area contributed by atoms with E-state index < -0.39 is 0 Å². The summed E-state index contributed by atoms with van der Waals surface area (Å²) in [4.78, 5) is 14.4. The summed E-state index contributed by atoms with van der Waals surface area (Å²) in [5.74, 6) is 1.12. The molecule has 1 aliphatic heterocycles. The zero-order chi connectivity index (χ0) is 18.0. The lowest BCUT2D eigenvalue weighted by molar-refractivity contribution is -0.133. The highest BCUT2D eigenvalue weighted by molar-refractivity contribution is 7.99. The van der Waals surface area contributed by atoms with E-state index in [0.29, 0.717) is 32.4 Å². The second-order valence-corrected chi connectivity index (χ2v) is 8.21. The minimum absolute atomic E-state index is 0.108. The number of benzene rings is 2. The standard InChI is InChI=1S/C17H13Cl4NO2S/c18-10-1-3-12(13(20)7-10)17-22(5-6-25-17)16(23)9-24-15-4-2-11(19)8-14(15)21/h1-4,7-8,17H,5-6,9H2. The van der Waals surface area contributed by atoms with Gasteiger partial charge in [0.1, 0.15) is 11.1 Å². The van der Waals surface area contributed by atoms with E-state index in [4.69, 9.17) is 51.1 Å². The lowest BCUT2D eigenvalue weighted by atomic mass is 10.2. The van der Waals surface area contributed by atoms with Crippen molar-refractivity contribution in [1.29, 1.82) is 0 Å². The van der Waals surface area contributed by atoms with Gasteiger partial charge >= 0.3 is 0 Å². The van der Waals surface area contributed by atoms with Crippen LogP contribution in [-0.2, 0) is 4.79 Å². The monoisotopic (exact) mass is 435 g/mol. The lowest BCUT2D eigenvalue weighted by Gasteiger charge is -2.25. The highest BCUT2D eigenvalue weighted by Gasteiger charge is 2.32. The molecule has 3 nitrogen and oxygen atoms in total. The Balaban J connectivity index is 1.70. The maximum atomic E-state index is 12.6. The number of thioether (sulfide) groups is 1. The highest BCUT2D eigenvalue weighted by Crippen LogP contribution is 2.41. The number of hydrogen-bond donors (Lipinski definition) is 0. The fourth-order valence-electron chi connectivity index (χ4n) is 2.50. The third kappa shape index (κ3) is 4.50. The molecule has 0 aromatic heterocycles. The van der Waals surface area contributed by atoms with E-state index >= 15 is 0 Å². The molecule has 1 aliphatic rings. The predicted molar refractivity (Wildman–Crippen MR) is 105 cm³/mol. The van der Waals surface area contributed by atoms with Crippen LogP contribution in [0.2, 0.25) is 20.1 Å². The molecule has 2 aromatic carbocycles. The Bertz CT molecular complexity index is 802. The van der Waals surface area contributed by atoms with Gasteiger partial charge in [-0.15, -0.1) is 11.8 Å². The van der Waals surface area contributed by atoms with E-state index in [9.17, 15) is 4.79 Å². The van der Waals surface area contributed by atoms with Crippen molar-refractivity contribution in [3.05, 3.63) is 62.1 Å². The quantitative estimate of drug-likeness (QED) is 0.592. The van der Waals surface area contributed by atoms with Gasteiger partial charge in [-0.1, -0.05) is 52.5 Å². The van der Waals surface area contributed by atoms with Gasteiger partial charge in [0.2, 0.25) is 0 Å². The van der Waals surface area contributed by atoms with E-state index in [0.717, 1.165) is 11.3 Å². The van der Waals surface area contributed by atoms with Crippen molar-refractivity contribution in [2.24, 2.45) is 0 Å². The van der Waals surface area contributed by atoms with Crippen molar-refractivity contribution in [1.82, 2.24) is 4.90 Å². The second-order valence-electron chi connectivity index (χ2n) is 5.34. The Morgan fingerprint density at radius 2 is 1.76 bits per heavy atom. The molecule has 0 saturated carbocycles. The smallest absolute Gasteiger partial charge is 0.261 e. The molecule has 2 aromatic rings. The molecule has 1 atom stereocenters. The first-order valence-electron chi connectivity index (χ1n) is 7.39.